The van der Waals surface area contributed by atoms with Crippen LogP contribution in [-0.2, 0) is 4.79 Å². The van der Waals surface area contributed by atoms with Crippen molar-refractivity contribution in [2.45, 2.75) is 26.2 Å². The fourth-order valence-corrected chi connectivity index (χ4v) is 1.58. The Bertz CT molecular complexity index is 338. The Labute approximate surface area is 99.2 Å². The summed E-state index contributed by atoms with van der Waals surface area (Å²) >= 11 is 3.14. The van der Waals surface area contributed by atoms with Gasteiger partial charge in [-0.05, 0) is 24.0 Å². The molecule has 0 spiro atoms. The number of carbonyl (C=O) groups is 1. The highest BCUT2D eigenvalue weighted by molar-refractivity contribution is 9.09. The van der Waals surface area contributed by atoms with Gasteiger partial charge in [-0.25, -0.2) is 0 Å². The normalized spacial score (nSPS) is 12.2. The predicted molar refractivity (Wildman–Crippen MR) is 67.6 cm³/mol. The lowest BCUT2D eigenvalue weighted by Crippen LogP contribution is -2.14. The van der Waals surface area contributed by atoms with Crippen molar-refractivity contribution in [3.05, 3.63) is 29.8 Å². The third kappa shape index (κ3) is 3.34. The molecule has 0 aromatic heterocycles. The molecule has 0 aliphatic heterocycles. The molecule has 3 heteroatoms. The van der Waals surface area contributed by atoms with Crippen LogP contribution >= 0.6 is 15.9 Å². The minimum absolute atomic E-state index is 0.00856. The Morgan fingerprint density at radius 1 is 1.47 bits per heavy atom. The van der Waals surface area contributed by atoms with Crippen molar-refractivity contribution in [1.82, 2.24) is 0 Å². The van der Waals surface area contributed by atoms with Crippen molar-refractivity contribution in [1.29, 1.82) is 0 Å². The summed E-state index contributed by atoms with van der Waals surface area (Å²) in [5.74, 6) is 0.461. The molecule has 1 aromatic rings. The lowest BCUT2D eigenvalue weighted by molar-refractivity contribution is -0.113. The van der Waals surface area contributed by atoms with Gasteiger partial charge in [0.05, 0.1) is 5.33 Å². The van der Waals surface area contributed by atoms with Gasteiger partial charge in [0.1, 0.15) is 0 Å². The fourth-order valence-electron chi connectivity index (χ4n) is 1.44. The van der Waals surface area contributed by atoms with Gasteiger partial charge in [-0.2, -0.15) is 0 Å². The largest absolute Gasteiger partial charge is 0.325 e. The minimum atomic E-state index is -0.00856. The first-order valence-corrected chi connectivity index (χ1v) is 6.26. The monoisotopic (exact) mass is 269 g/mol. The number of rotatable bonds is 4. The van der Waals surface area contributed by atoms with Gasteiger partial charge in [-0.15, -0.1) is 0 Å². The number of hydrogen-bond acceptors (Lipinski definition) is 1. The van der Waals surface area contributed by atoms with E-state index in [-0.39, 0.29) is 5.91 Å². The highest BCUT2D eigenvalue weighted by Crippen LogP contribution is 2.26. The second-order valence-corrected chi connectivity index (χ2v) is 4.14. The van der Waals surface area contributed by atoms with Crippen LogP contribution in [-0.4, -0.2) is 11.2 Å². The summed E-state index contributed by atoms with van der Waals surface area (Å²) < 4.78 is 0. The van der Waals surface area contributed by atoms with Crippen molar-refractivity contribution >= 4 is 27.5 Å². The first-order valence-electron chi connectivity index (χ1n) is 5.13. The van der Waals surface area contributed by atoms with Crippen molar-refractivity contribution < 1.29 is 4.79 Å². The van der Waals surface area contributed by atoms with Gasteiger partial charge >= 0.3 is 0 Å². The average molecular weight is 270 g/mol. The van der Waals surface area contributed by atoms with Crippen molar-refractivity contribution in [3.63, 3.8) is 0 Å². The molecule has 0 saturated carbocycles. The summed E-state index contributed by atoms with van der Waals surface area (Å²) in [6.45, 7) is 4.31. The van der Waals surface area contributed by atoms with Crippen LogP contribution in [0.1, 0.15) is 31.7 Å². The van der Waals surface area contributed by atoms with Gasteiger partial charge in [0.2, 0.25) is 5.91 Å². The van der Waals surface area contributed by atoms with E-state index in [0.29, 0.717) is 11.2 Å². The van der Waals surface area contributed by atoms with Gasteiger partial charge in [0.25, 0.3) is 0 Å². The van der Waals surface area contributed by atoms with Crippen LogP contribution in [0.5, 0.6) is 0 Å². The number of nitrogens with one attached hydrogen (secondary N) is 1. The second kappa shape index (κ2) is 5.91. The summed E-state index contributed by atoms with van der Waals surface area (Å²) in [7, 11) is 0. The molecule has 1 rings (SSSR count). The number of halogens is 1. The van der Waals surface area contributed by atoms with E-state index in [9.17, 15) is 4.79 Å². The summed E-state index contributed by atoms with van der Waals surface area (Å²) in [5.41, 5.74) is 2.13. The Hall–Kier alpha value is -0.830. The molecule has 0 fully saturated rings. The van der Waals surface area contributed by atoms with E-state index < -0.39 is 0 Å². The standard InChI is InChI=1S/C12H16BrNO/c1-3-9(2)10-6-4-5-7-11(10)14-12(15)8-13/h4-7,9H,3,8H2,1-2H3,(H,14,15). The summed E-state index contributed by atoms with van der Waals surface area (Å²) in [4.78, 5) is 11.3. The van der Waals surface area contributed by atoms with Crippen LogP contribution in [0.25, 0.3) is 0 Å². The van der Waals surface area contributed by atoms with E-state index in [4.69, 9.17) is 0 Å². The molecule has 15 heavy (non-hydrogen) atoms. The third-order valence-corrected chi connectivity index (χ3v) is 3.01. The van der Waals surface area contributed by atoms with E-state index in [2.05, 4.69) is 41.2 Å². The maximum absolute atomic E-state index is 11.3. The summed E-state index contributed by atoms with van der Waals surface area (Å²) in [6.07, 6.45) is 1.07. The number of para-hydroxylation sites is 1. The Morgan fingerprint density at radius 3 is 2.73 bits per heavy atom. The molecule has 2 nitrogen and oxygen atoms in total. The number of hydrogen-bond donors (Lipinski definition) is 1. The van der Waals surface area contributed by atoms with E-state index >= 15 is 0 Å². The maximum atomic E-state index is 11.3. The predicted octanol–water partition coefficient (Wildman–Crippen LogP) is 3.53. The Kier molecular flexibility index (Phi) is 4.82. The highest BCUT2D eigenvalue weighted by atomic mass is 79.9. The molecular weight excluding hydrogens is 254 g/mol. The molecule has 1 amide bonds. The van der Waals surface area contributed by atoms with Crippen LogP contribution in [0.3, 0.4) is 0 Å². The number of carbonyl (C=O) groups excluding carboxylic acids is 1. The molecule has 1 atom stereocenters. The van der Waals surface area contributed by atoms with Gasteiger partial charge in [0, 0.05) is 5.69 Å². The molecule has 1 unspecified atom stereocenters. The zero-order chi connectivity index (χ0) is 11.3. The first kappa shape index (κ1) is 12.2. The minimum Gasteiger partial charge on any atom is -0.325 e. The quantitative estimate of drug-likeness (QED) is 0.833. The second-order valence-electron chi connectivity index (χ2n) is 3.58. The van der Waals surface area contributed by atoms with Crippen LogP contribution in [0.2, 0.25) is 0 Å². The average Bonchev–Trinajstić information content (AvgIpc) is 2.28. The van der Waals surface area contributed by atoms with E-state index in [1.165, 1.54) is 5.56 Å². The van der Waals surface area contributed by atoms with E-state index in [0.717, 1.165) is 12.1 Å². The van der Waals surface area contributed by atoms with Gasteiger partial charge in [-0.1, -0.05) is 48.0 Å². The lowest BCUT2D eigenvalue weighted by Gasteiger charge is -2.14. The van der Waals surface area contributed by atoms with Gasteiger partial charge in [0.15, 0.2) is 0 Å². The lowest BCUT2D eigenvalue weighted by atomic mass is 9.97. The third-order valence-electron chi connectivity index (χ3n) is 2.50. The molecular formula is C12H16BrNO. The first-order chi connectivity index (χ1) is 7.19. The Balaban J connectivity index is 2.91. The van der Waals surface area contributed by atoms with Crippen molar-refractivity contribution in [3.8, 4) is 0 Å². The van der Waals surface area contributed by atoms with E-state index in [1.807, 2.05) is 18.2 Å². The number of amides is 1. The molecule has 0 aliphatic rings. The molecule has 0 heterocycles. The molecule has 0 radical (unpaired) electrons. The van der Waals surface area contributed by atoms with E-state index in [1.54, 1.807) is 0 Å². The summed E-state index contributed by atoms with van der Waals surface area (Å²) in [5, 5.41) is 3.22. The van der Waals surface area contributed by atoms with Crippen LogP contribution in [0, 0.1) is 0 Å². The molecule has 82 valence electrons. The maximum Gasteiger partial charge on any atom is 0.235 e. The molecule has 1 aromatic carbocycles. The molecule has 0 saturated heterocycles. The van der Waals surface area contributed by atoms with Crippen LogP contribution in [0.15, 0.2) is 24.3 Å². The van der Waals surface area contributed by atoms with Crippen LogP contribution < -0.4 is 5.32 Å². The highest BCUT2D eigenvalue weighted by Gasteiger charge is 2.09. The van der Waals surface area contributed by atoms with Crippen molar-refractivity contribution in [2.24, 2.45) is 0 Å². The van der Waals surface area contributed by atoms with Crippen molar-refractivity contribution in [2.75, 3.05) is 10.6 Å². The number of anilines is 1. The zero-order valence-corrected chi connectivity index (χ0v) is 10.7. The molecule has 0 bridgehead atoms. The topological polar surface area (TPSA) is 29.1 Å². The smallest absolute Gasteiger partial charge is 0.235 e. The Morgan fingerprint density at radius 2 is 2.13 bits per heavy atom. The fraction of sp³-hybridized carbons (Fsp3) is 0.417. The number of alkyl halides is 1. The molecule has 1 N–H and O–H groups in total. The van der Waals surface area contributed by atoms with Gasteiger partial charge < -0.3 is 5.32 Å². The summed E-state index contributed by atoms with van der Waals surface area (Å²) in [6, 6.07) is 7.96. The zero-order valence-electron chi connectivity index (χ0n) is 9.09. The number of benzene rings is 1. The van der Waals surface area contributed by atoms with Crippen LogP contribution in [0.4, 0.5) is 5.69 Å². The molecule has 0 aliphatic carbocycles. The van der Waals surface area contributed by atoms with Gasteiger partial charge in [-0.3, -0.25) is 4.79 Å². The SMILES string of the molecule is CCC(C)c1ccccc1NC(=O)CBr.